The van der Waals surface area contributed by atoms with Crippen LogP contribution in [0, 0.1) is 0 Å². The molecular weight excluding hydrogens is 362 g/mol. The van der Waals surface area contributed by atoms with Crippen molar-refractivity contribution in [3.8, 4) is 22.3 Å². The number of nitrogens with zero attached hydrogens (tertiary/aromatic N) is 2. The molecular formula is C24H27N3O2. The van der Waals surface area contributed by atoms with Gasteiger partial charge < -0.3 is 14.6 Å². The third-order valence-corrected chi connectivity index (χ3v) is 5.00. The molecule has 2 aromatic heterocycles. The van der Waals surface area contributed by atoms with E-state index >= 15 is 0 Å². The lowest BCUT2D eigenvalue weighted by Crippen LogP contribution is -2.33. The van der Waals surface area contributed by atoms with Gasteiger partial charge in [0.15, 0.2) is 0 Å². The molecule has 0 saturated heterocycles. The fraction of sp³-hybridized carbons (Fsp3) is 0.333. The lowest BCUT2D eigenvalue weighted by molar-refractivity contribution is 0.0526. The Kier molecular flexibility index (Phi) is 5.14. The van der Waals surface area contributed by atoms with Crippen LogP contribution in [0.3, 0.4) is 0 Å². The summed E-state index contributed by atoms with van der Waals surface area (Å²) in [6, 6.07) is 12.8. The number of ether oxygens (including phenoxy) is 1. The zero-order valence-electron chi connectivity index (χ0n) is 17.2. The van der Waals surface area contributed by atoms with Crippen LogP contribution in [0.15, 0.2) is 55.0 Å². The monoisotopic (exact) mass is 389 g/mol. The maximum absolute atomic E-state index is 11.7. The van der Waals surface area contributed by atoms with Gasteiger partial charge in [-0.15, -0.1) is 0 Å². The van der Waals surface area contributed by atoms with E-state index in [4.69, 9.17) is 4.74 Å². The molecule has 0 fully saturated rings. The van der Waals surface area contributed by atoms with Crippen LogP contribution in [0.5, 0.6) is 0 Å². The van der Waals surface area contributed by atoms with Crippen LogP contribution in [0.2, 0.25) is 0 Å². The average molecular weight is 389 g/mol. The van der Waals surface area contributed by atoms with E-state index < -0.39 is 5.60 Å². The highest BCUT2D eigenvalue weighted by Gasteiger charge is 2.23. The predicted molar refractivity (Wildman–Crippen MR) is 115 cm³/mol. The number of hydrogen-bond donors (Lipinski definition) is 1. The minimum absolute atomic E-state index is 0.364. The molecule has 1 amide bonds. The summed E-state index contributed by atoms with van der Waals surface area (Å²) in [5, 5.41) is 2.81. The standard InChI is InChI=1S/C24H27N3O2/c1-24(2,3)29-23(28)26-11-6-13-27-14-10-18(16-27)20-9-12-25-21-15-17-7-4-5-8-19(17)22(20)21/h4-5,7-10,12,14,16H,6,11,13,15H2,1-3H3,(H,26,28). The molecule has 0 spiro atoms. The largest absolute Gasteiger partial charge is 0.444 e. The minimum atomic E-state index is -0.469. The van der Waals surface area contributed by atoms with Crippen LogP contribution in [0.4, 0.5) is 4.79 Å². The third kappa shape index (κ3) is 4.34. The molecule has 5 heteroatoms. The van der Waals surface area contributed by atoms with Crippen molar-refractivity contribution in [3.63, 3.8) is 0 Å². The summed E-state index contributed by atoms with van der Waals surface area (Å²) in [6.07, 6.45) is 7.54. The highest BCUT2D eigenvalue weighted by Crippen LogP contribution is 2.41. The Balaban J connectivity index is 1.41. The maximum atomic E-state index is 11.7. The van der Waals surface area contributed by atoms with E-state index in [9.17, 15) is 4.79 Å². The van der Waals surface area contributed by atoms with Gasteiger partial charge in [0.1, 0.15) is 5.60 Å². The molecule has 1 N–H and O–H groups in total. The van der Waals surface area contributed by atoms with Gasteiger partial charge in [0, 0.05) is 49.2 Å². The van der Waals surface area contributed by atoms with Crippen molar-refractivity contribution in [3.05, 3.63) is 66.2 Å². The molecule has 2 heterocycles. The van der Waals surface area contributed by atoms with Gasteiger partial charge in [0.05, 0.1) is 5.69 Å². The summed E-state index contributed by atoms with van der Waals surface area (Å²) in [6.45, 7) is 7.01. The van der Waals surface area contributed by atoms with E-state index in [1.165, 1.54) is 27.8 Å². The smallest absolute Gasteiger partial charge is 0.407 e. The lowest BCUT2D eigenvalue weighted by Gasteiger charge is -2.19. The number of alkyl carbamates (subject to hydrolysis) is 1. The number of aryl methyl sites for hydroxylation is 1. The average Bonchev–Trinajstić information content (AvgIpc) is 3.28. The van der Waals surface area contributed by atoms with Crippen molar-refractivity contribution >= 4 is 6.09 Å². The number of pyridine rings is 1. The molecule has 0 atom stereocenters. The molecule has 0 unspecified atom stereocenters. The number of fused-ring (bicyclic) bond motifs is 3. The molecule has 29 heavy (non-hydrogen) atoms. The number of nitrogens with one attached hydrogen (secondary N) is 1. The van der Waals surface area contributed by atoms with Crippen molar-refractivity contribution in [2.45, 2.75) is 45.8 Å². The second-order valence-electron chi connectivity index (χ2n) is 8.43. The van der Waals surface area contributed by atoms with Crippen LogP contribution in [-0.4, -0.2) is 27.8 Å². The molecule has 1 aromatic carbocycles. The molecule has 0 bridgehead atoms. The summed E-state index contributed by atoms with van der Waals surface area (Å²) < 4.78 is 7.43. The summed E-state index contributed by atoms with van der Waals surface area (Å²) in [4.78, 5) is 16.3. The number of carbonyl (C=O) groups excluding carboxylic acids is 1. The van der Waals surface area contributed by atoms with Gasteiger partial charge in [-0.2, -0.15) is 0 Å². The van der Waals surface area contributed by atoms with E-state index in [0.29, 0.717) is 6.54 Å². The van der Waals surface area contributed by atoms with E-state index in [-0.39, 0.29) is 6.09 Å². The molecule has 0 aliphatic heterocycles. The molecule has 150 valence electrons. The van der Waals surface area contributed by atoms with Crippen molar-refractivity contribution in [2.75, 3.05) is 6.54 Å². The number of aromatic nitrogens is 2. The first kappa shape index (κ1) is 19.2. The fourth-order valence-corrected chi connectivity index (χ4v) is 3.78. The summed E-state index contributed by atoms with van der Waals surface area (Å²) in [5.41, 5.74) is 6.99. The zero-order chi connectivity index (χ0) is 20.4. The number of hydrogen-bond acceptors (Lipinski definition) is 3. The Morgan fingerprint density at radius 2 is 2.00 bits per heavy atom. The quantitative estimate of drug-likeness (QED) is 0.487. The SMILES string of the molecule is CC(C)(C)OC(=O)NCCCn1ccc(-c2ccnc3c2-c2ccccc2C3)c1. The van der Waals surface area contributed by atoms with E-state index in [0.717, 1.165) is 25.1 Å². The molecule has 1 aliphatic rings. The Hall–Kier alpha value is -3.08. The van der Waals surface area contributed by atoms with Gasteiger partial charge in [-0.1, -0.05) is 24.3 Å². The van der Waals surface area contributed by atoms with Gasteiger partial charge in [-0.3, -0.25) is 4.98 Å². The number of carbonyl (C=O) groups is 1. The van der Waals surface area contributed by atoms with Crippen LogP contribution < -0.4 is 5.32 Å². The Bertz CT molecular complexity index is 1030. The van der Waals surface area contributed by atoms with Crippen LogP contribution in [0.1, 0.15) is 38.4 Å². The summed E-state index contributed by atoms with van der Waals surface area (Å²) in [7, 11) is 0. The Labute approximate surface area is 171 Å². The van der Waals surface area contributed by atoms with E-state index in [1.807, 2.05) is 27.0 Å². The van der Waals surface area contributed by atoms with Gasteiger partial charge in [0.25, 0.3) is 0 Å². The predicted octanol–water partition coefficient (Wildman–Crippen LogP) is 5.04. The van der Waals surface area contributed by atoms with Crippen molar-refractivity contribution in [1.29, 1.82) is 0 Å². The highest BCUT2D eigenvalue weighted by molar-refractivity contribution is 5.89. The Morgan fingerprint density at radius 1 is 1.17 bits per heavy atom. The molecule has 1 aliphatic carbocycles. The van der Waals surface area contributed by atoms with Crippen LogP contribution in [0.25, 0.3) is 22.3 Å². The summed E-state index contributed by atoms with van der Waals surface area (Å²) in [5.74, 6) is 0. The number of rotatable bonds is 5. The number of amides is 1. The molecule has 5 nitrogen and oxygen atoms in total. The molecule has 4 rings (SSSR count). The van der Waals surface area contributed by atoms with Gasteiger partial charge in [-0.05, 0) is 56.0 Å². The van der Waals surface area contributed by atoms with Crippen LogP contribution >= 0.6 is 0 Å². The van der Waals surface area contributed by atoms with Crippen LogP contribution in [-0.2, 0) is 17.7 Å². The minimum Gasteiger partial charge on any atom is -0.444 e. The van der Waals surface area contributed by atoms with Gasteiger partial charge in [0.2, 0.25) is 0 Å². The Morgan fingerprint density at radius 3 is 2.83 bits per heavy atom. The van der Waals surface area contributed by atoms with Gasteiger partial charge in [-0.25, -0.2) is 4.79 Å². The fourth-order valence-electron chi connectivity index (χ4n) is 3.78. The first-order valence-electron chi connectivity index (χ1n) is 10.1. The van der Waals surface area contributed by atoms with Crippen molar-refractivity contribution < 1.29 is 9.53 Å². The number of benzene rings is 1. The molecule has 0 radical (unpaired) electrons. The molecule has 0 saturated carbocycles. The zero-order valence-corrected chi connectivity index (χ0v) is 17.2. The normalized spacial score (nSPS) is 12.4. The maximum Gasteiger partial charge on any atom is 0.407 e. The first-order valence-corrected chi connectivity index (χ1v) is 10.1. The second-order valence-corrected chi connectivity index (χ2v) is 8.43. The topological polar surface area (TPSA) is 56.1 Å². The van der Waals surface area contributed by atoms with E-state index in [2.05, 4.69) is 63.7 Å². The molecule has 3 aromatic rings. The summed E-state index contributed by atoms with van der Waals surface area (Å²) >= 11 is 0. The van der Waals surface area contributed by atoms with Gasteiger partial charge >= 0.3 is 6.09 Å². The van der Waals surface area contributed by atoms with Crippen molar-refractivity contribution in [1.82, 2.24) is 14.9 Å². The van der Waals surface area contributed by atoms with Crippen molar-refractivity contribution in [2.24, 2.45) is 0 Å². The highest BCUT2D eigenvalue weighted by atomic mass is 16.6. The second kappa shape index (κ2) is 7.74. The van der Waals surface area contributed by atoms with E-state index in [1.54, 1.807) is 0 Å². The third-order valence-electron chi connectivity index (χ3n) is 5.00. The lowest BCUT2D eigenvalue weighted by atomic mass is 9.98. The first-order chi connectivity index (χ1) is 13.9.